The van der Waals surface area contributed by atoms with Gasteiger partial charge in [0.2, 0.25) is 0 Å². The van der Waals surface area contributed by atoms with Gasteiger partial charge in [0.1, 0.15) is 5.82 Å². The van der Waals surface area contributed by atoms with Crippen molar-refractivity contribution in [2.45, 2.75) is 33.2 Å². The van der Waals surface area contributed by atoms with Crippen molar-refractivity contribution in [1.29, 1.82) is 0 Å². The second-order valence-electron chi connectivity index (χ2n) is 5.09. The molecule has 1 N–H and O–H groups in total. The van der Waals surface area contributed by atoms with Crippen LogP contribution in [0.5, 0.6) is 0 Å². The fraction of sp³-hybridized carbons (Fsp3) is 0.714. The van der Waals surface area contributed by atoms with E-state index in [0.717, 1.165) is 37.7 Å². The molecule has 1 fully saturated rings. The van der Waals surface area contributed by atoms with Gasteiger partial charge in [0.05, 0.1) is 17.6 Å². The first-order valence-electron chi connectivity index (χ1n) is 7.11. The molecule has 2 heterocycles. The lowest BCUT2D eigenvalue weighted by Gasteiger charge is -2.30. The van der Waals surface area contributed by atoms with Crippen LogP contribution in [0, 0.1) is 0 Å². The van der Waals surface area contributed by atoms with E-state index in [1.807, 2.05) is 18.0 Å². The third-order valence-electron chi connectivity index (χ3n) is 3.27. The van der Waals surface area contributed by atoms with Crippen LogP contribution in [-0.4, -0.2) is 41.1 Å². The van der Waals surface area contributed by atoms with E-state index < -0.39 is 0 Å². The van der Waals surface area contributed by atoms with Crippen LogP contribution in [0.4, 0.5) is 5.69 Å². The van der Waals surface area contributed by atoms with Crippen LogP contribution in [0.3, 0.4) is 0 Å². The molecule has 1 aliphatic heterocycles. The van der Waals surface area contributed by atoms with E-state index in [2.05, 4.69) is 36.0 Å². The molecule has 1 aromatic rings. The first-order chi connectivity index (χ1) is 9.22. The van der Waals surface area contributed by atoms with E-state index in [9.17, 15) is 0 Å². The first kappa shape index (κ1) is 14.6. The van der Waals surface area contributed by atoms with Gasteiger partial charge in [-0.05, 0) is 6.54 Å². The number of hydrogen-bond acceptors (Lipinski definition) is 5. The third-order valence-corrected chi connectivity index (χ3v) is 4.22. The Morgan fingerprint density at radius 3 is 2.74 bits per heavy atom. The predicted molar refractivity (Wildman–Crippen MR) is 83.0 cm³/mol. The van der Waals surface area contributed by atoms with Crippen molar-refractivity contribution < 1.29 is 0 Å². The Morgan fingerprint density at radius 2 is 2.11 bits per heavy atom. The molecule has 0 bridgehead atoms. The lowest BCUT2D eigenvalue weighted by molar-refractivity contribution is 0.680. The zero-order valence-electron chi connectivity index (χ0n) is 12.1. The Morgan fingerprint density at radius 1 is 1.37 bits per heavy atom. The number of nitrogens with one attached hydrogen (secondary N) is 1. The maximum atomic E-state index is 4.76. The highest BCUT2D eigenvalue weighted by Gasteiger charge is 2.17. The van der Waals surface area contributed by atoms with Gasteiger partial charge in [-0.2, -0.15) is 11.8 Å². The average Bonchev–Trinajstić information content (AvgIpc) is 2.45. The molecule has 0 aromatic carbocycles. The lowest BCUT2D eigenvalue weighted by atomic mass is 10.2. The van der Waals surface area contributed by atoms with Gasteiger partial charge in [0.25, 0.3) is 0 Å². The summed E-state index contributed by atoms with van der Waals surface area (Å²) in [7, 11) is 0. The normalized spacial score (nSPS) is 16.1. The Hall–Kier alpha value is -0.810. The average molecular weight is 280 g/mol. The summed E-state index contributed by atoms with van der Waals surface area (Å²) in [5, 5.41) is 3.39. The predicted octanol–water partition coefficient (Wildman–Crippen LogP) is 2.26. The van der Waals surface area contributed by atoms with Crippen LogP contribution < -0.4 is 10.2 Å². The Labute approximate surface area is 120 Å². The molecule has 2 rings (SSSR count). The summed E-state index contributed by atoms with van der Waals surface area (Å²) in [6, 6.07) is 0. The van der Waals surface area contributed by atoms with Gasteiger partial charge < -0.3 is 10.2 Å². The molecule has 0 aliphatic carbocycles. The van der Waals surface area contributed by atoms with Crippen LogP contribution in [0.2, 0.25) is 0 Å². The lowest BCUT2D eigenvalue weighted by Crippen LogP contribution is -2.34. The minimum Gasteiger partial charge on any atom is -0.367 e. The second kappa shape index (κ2) is 7.10. The molecular formula is C14H24N4S. The second-order valence-corrected chi connectivity index (χ2v) is 6.32. The van der Waals surface area contributed by atoms with Crippen molar-refractivity contribution in [3.05, 3.63) is 17.7 Å². The highest BCUT2D eigenvalue weighted by atomic mass is 32.2. The van der Waals surface area contributed by atoms with E-state index in [1.54, 1.807) is 0 Å². The van der Waals surface area contributed by atoms with E-state index in [-0.39, 0.29) is 0 Å². The van der Waals surface area contributed by atoms with Gasteiger partial charge in [-0.1, -0.05) is 20.8 Å². The molecule has 1 saturated heterocycles. The molecular weight excluding hydrogens is 256 g/mol. The van der Waals surface area contributed by atoms with Crippen LogP contribution in [0.1, 0.15) is 38.2 Å². The summed E-state index contributed by atoms with van der Waals surface area (Å²) in [5.41, 5.74) is 2.36. The topological polar surface area (TPSA) is 41.1 Å². The van der Waals surface area contributed by atoms with Crippen molar-refractivity contribution in [1.82, 2.24) is 15.3 Å². The Bertz CT molecular complexity index is 402. The summed E-state index contributed by atoms with van der Waals surface area (Å²) < 4.78 is 0. The molecule has 4 nitrogen and oxygen atoms in total. The van der Waals surface area contributed by atoms with Crippen molar-refractivity contribution in [3.63, 3.8) is 0 Å². The van der Waals surface area contributed by atoms with Gasteiger partial charge in [-0.3, -0.25) is 0 Å². The van der Waals surface area contributed by atoms with Crippen molar-refractivity contribution in [2.75, 3.05) is 36.0 Å². The molecule has 5 heteroatoms. The monoisotopic (exact) mass is 280 g/mol. The summed E-state index contributed by atoms with van der Waals surface area (Å²) in [6.07, 6.45) is 2.02. The number of rotatable bonds is 5. The standard InChI is InChI=1S/C14H24N4S/c1-4-15-9-12-13(18-5-7-19-8-6-18)10-16-14(17-12)11(2)3/h10-11,15H,4-9H2,1-3H3. The first-order valence-corrected chi connectivity index (χ1v) is 8.27. The molecule has 0 atom stereocenters. The molecule has 0 radical (unpaired) electrons. The largest absolute Gasteiger partial charge is 0.367 e. The molecule has 0 saturated carbocycles. The number of nitrogens with zero attached hydrogens (tertiary/aromatic N) is 3. The summed E-state index contributed by atoms with van der Waals surface area (Å²) in [6.45, 7) is 10.4. The van der Waals surface area contributed by atoms with Crippen LogP contribution in [0.15, 0.2) is 6.20 Å². The van der Waals surface area contributed by atoms with E-state index in [4.69, 9.17) is 4.98 Å². The van der Waals surface area contributed by atoms with Gasteiger partial charge in [-0.25, -0.2) is 9.97 Å². The van der Waals surface area contributed by atoms with Crippen LogP contribution in [-0.2, 0) is 6.54 Å². The minimum absolute atomic E-state index is 0.381. The Kier molecular flexibility index (Phi) is 5.45. The van der Waals surface area contributed by atoms with Crippen LogP contribution >= 0.6 is 11.8 Å². The number of aromatic nitrogens is 2. The molecule has 19 heavy (non-hydrogen) atoms. The van der Waals surface area contributed by atoms with Gasteiger partial charge >= 0.3 is 0 Å². The van der Waals surface area contributed by atoms with E-state index in [1.165, 1.54) is 17.2 Å². The summed E-state index contributed by atoms with van der Waals surface area (Å²) >= 11 is 2.03. The number of anilines is 1. The van der Waals surface area contributed by atoms with E-state index >= 15 is 0 Å². The fourth-order valence-corrected chi connectivity index (χ4v) is 3.05. The number of thioether (sulfide) groups is 1. The maximum Gasteiger partial charge on any atom is 0.131 e. The SMILES string of the molecule is CCNCc1nc(C(C)C)ncc1N1CCSCC1. The van der Waals surface area contributed by atoms with Crippen molar-refractivity contribution >= 4 is 17.4 Å². The van der Waals surface area contributed by atoms with E-state index in [0.29, 0.717) is 5.92 Å². The third kappa shape index (κ3) is 3.83. The molecule has 0 unspecified atom stereocenters. The van der Waals surface area contributed by atoms with Gasteiger partial charge in [0, 0.05) is 37.1 Å². The highest BCUT2D eigenvalue weighted by molar-refractivity contribution is 7.99. The molecule has 1 aromatic heterocycles. The molecule has 0 spiro atoms. The van der Waals surface area contributed by atoms with Crippen molar-refractivity contribution in [2.24, 2.45) is 0 Å². The summed E-state index contributed by atoms with van der Waals surface area (Å²) in [5.74, 6) is 3.73. The fourth-order valence-electron chi connectivity index (χ4n) is 2.15. The Balaban J connectivity index is 2.24. The zero-order chi connectivity index (χ0) is 13.7. The quantitative estimate of drug-likeness (QED) is 0.896. The smallest absolute Gasteiger partial charge is 0.131 e. The van der Waals surface area contributed by atoms with Gasteiger partial charge in [0.15, 0.2) is 0 Å². The zero-order valence-corrected chi connectivity index (χ0v) is 13.0. The van der Waals surface area contributed by atoms with Gasteiger partial charge in [-0.15, -0.1) is 0 Å². The highest BCUT2D eigenvalue weighted by Crippen LogP contribution is 2.23. The van der Waals surface area contributed by atoms with Crippen LogP contribution in [0.25, 0.3) is 0 Å². The molecule has 106 valence electrons. The number of hydrogen-bond donors (Lipinski definition) is 1. The molecule has 1 aliphatic rings. The minimum atomic E-state index is 0.381. The van der Waals surface area contributed by atoms with Crippen molar-refractivity contribution in [3.8, 4) is 0 Å². The maximum absolute atomic E-state index is 4.76. The molecule has 0 amide bonds. The summed E-state index contributed by atoms with van der Waals surface area (Å²) in [4.78, 5) is 11.7.